The first kappa shape index (κ1) is 28.4. The maximum atomic E-state index is 12.2. The van der Waals surface area contributed by atoms with Crippen molar-refractivity contribution >= 4 is 103 Å². The van der Waals surface area contributed by atoms with Crippen LogP contribution in [0.15, 0.2) is 22.7 Å². The van der Waals surface area contributed by atoms with Crippen molar-refractivity contribution in [2.75, 3.05) is 18.5 Å². The fourth-order valence-electron chi connectivity index (χ4n) is 2.35. The zero-order chi connectivity index (χ0) is 25.0. The molecule has 0 spiro atoms. The Labute approximate surface area is 227 Å². The van der Waals surface area contributed by atoms with Crippen LogP contribution in [0.25, 0.3) is 11.4 Å². The van der Waals surface area contributed by atoms with Gasteiger partial charge in [-0.2, -0.15) is 0 Å². The Hall–Kier alpha value is -0.810. The highest BCUT2D eigenvalue weighted by Gasteiger charge is 2.34. The lowest BCUT2D eigenvalue weighted by Gasteiger charge is -2.18. The summed E-state index contributed by atoms with van der Waals surface area (Å²) >= 11 is 38.8. The number of anilines is 1. The Bertz CT molecular complexity index is 982. The third kappa shape index (κ3) is 7.85. The molecule has 0 aliphatic rings. The topological polar surface area (TPSA) is 103 Å². The third-order valence-electron chi connectivity index (χ3n) is 3.71. The number of nitrogens with zero attached hydrogens (tertiary/aromatic N) is 3. The van der Waals surface area contributed by atoms with Crippen molar-refractivity contribution in [3.63, 3.8) is 0 Å². The summed E-state index contributed by atoms with van der Waals surface area (Å²) < 4.78 is 6.32. The van der Waals surface area contributed by atoms with Gasteiger partial charge in [0.2, 0.25) is 13.6 Å². The SMILES string of the molecule is CCOC(=O)C(Nc1ccc(-c2nc(C(Cl)(Cl)Cl)nc(C(Cl)(Cl)Cl)n2)cc1Br)C(=O)OCC. The number of aromatic nitrogens is 3. The van der Waals surface area contributed by atoms with Crippen molar-refractivity contribution in [3.8, 4) is 11.4 Å². The monoisotopic (exact) mass is 640 g/mol. The highest BCUT2D eigenvalue weighted by Crippen LogP contribution is 2.41. The zero-order valence-corrected chi connectivity index (χ0v) is 23.0. The standard InChI is InChI=1S/C18H15BrCl6N4O4/c1-3-32-13(30)11(14(31)33-4-2)26-10-6-5-8(7-9(10)19)12-27-15(17(20,21)22)29-16(28-12)18(23,24)25/h5-7,11,26H,3-4H2,1-2H3. The molecule has 0 saturated heterocycles. The third-order valence-corrected chi connectivity index (χ3v) is 5.38. The van der Waals surface area contributed by atoms with Crippen LogP contribution in [0.1, 0.15) is 25.5 Å². The second-order valence-electron chi connectivity index (χ2n) is 6.08. The van der Waals surface area contributed by atoms with E-state index in [1.165, 1.54) is 0 Å². The van der Waals surface area contributed by atoms with E-state index in [-0.39, 0.29) is 30.7 Å². The number of hydrogen-bond acceptors (Lipinski definition) is 8. The molecule has 0 amide bonds. The molecular formula is C18H15BrCl6N4O4. The summed E-state index contributed by atoms with van der Waals surface area (Å²) in [6, 6.07) is 3.32. The van der Waals surface area contributed by atoms with Gasteiger partial charge in [-0.3, -0.25) is 0 Å². The van der Waals surface area contributed by atoms with E-state index in [1.54, 1.807) is 32.0 Å². The summed E-state index contributed by atoms with van der Waals surface area (Å²) in [5.74, 6) is -2.02. The van der Waals surface area contributed by atoms with Gasteiger partial charge in [0, 0.05) is 15.7 Å². The molecule has 33 heavy (non-hydrogen) atoms. The molecule has 0 radical (unpaired) electrons. The maximum absolute atomic E-state index is 12.2. The van der Waals surface area contributed by atoms with Crippen LogP contribution in [-0.4, -0.2) is 46.1 Å². The number of rotatable bonds is 7. The lowest BCUT2D eigenvalue weighted by atomic mass is 10.1. The fourth-order valence-corrected chi connectivity index (χ4v) is 3.35. The highest BCUT2D eigenvalue weighted by atomic mass is 79.9. The Kier molecular flexibility index (Phi) is 10.1. The average Bonchev–Trinajstić information content (AvgIpc) is 2.71. The van der Waals surface area contributed by atoms with Gasteiger partial charge in [-0.05, 0) is 48.0 Å². The number of ether oxygens (including phenoxy) is 2. The molecule has 0 fully saturated rings. The first-order chi connectivity index (χ1) is 15.3. The lowest BCUT2D eigenvalue weighted by Crippen LogP contribution is -2.40. The molecular weight excluding hydrogens is 629 g/mol. The second kappa shape index (κ2) is 11.7. The van der Waals surface area contributed by atoms with E-state index in [2.05, 4.69) is 36.2 Å². The van der Waals surface area contributed by atoms with Crippen LogP contribution in [0.2, 0.25) is 0 Å². The maximum Gasteiger partial charge on any atom is 0.340 e. The molecule has 0 aliphatic carbocycles. The van der Waals surface area contributed by atoms with Crippen LogP contribution in [0, 0.1) is 0 Å². The molecule has 0 aliphatic heterocycles. The first-order valence-electron chi connectivity index (χ1n) is 9.08. The summed E-state index contributed by atoms with van der Waals surface area (Å²) in [6.07, 6.45) is 0. The molecule has 0 saturated carbocycles. The van der Waals surface area contributed by atoms with E-state index in [9.17, 15) is 9.59 Å². The van der Waals surface area contributed by atoms with Crippen LogP contribution in [0.3, 0.4) is 0 Å². The molecule has 1 aromatic carbocycles. The molecule has 2 rings (SSSR count). The van der Waals surface area contributed by atoms with Crippen molar-refractivity contribution in [1.82, 2.24) is 15.0 Å². The molecule has 1 heterocycles. The van der Waals surface area contributed by atoms with E-state index < -0.39 is 25.6 Å². The minimum atomic E-state index is -2.01. The predicted octanol–water partition coefficient (Wildman–Crippen LogP) is 5.86. The van der Waals surface area contributed by atoms with Crippen molar-refractivity contribution in [2.45, 2.75) is 27.5 Å². The van der Waals surface area contributed by atoms with Gasteiger partial charge in [-0.15, -0.1) is 0 Å². The average molecular weight is 644 g/mol. The quantitative estimate of drug-likeness (QED) is 0.227. The molecule has 1 N–H and O–H groups in total. The minimum Gasteiger partial charge on any atom is -0.464 e. The molecule has 1 aromatic heterocycles. The Morgan fingerprint density at radius 1 is 0.939 bits per heavy atom. The van der Waals surface area contributed by atoms with Gasteiger partial charge in [0.25, 0.3) is 0 Å². The molecule has 0 unspecified atom stereocenters. The van der Waals surface area contributed by atoms with Crippen LogP contribution in [-0.2, 0) is 26.6 Å². The zero-order valence-electron chi connectivity index (χ0n) is 16.8. The smallest absolute Gasteiger partial charge is 0.340 e. The molecule has 0 atom stereocenters. The number of nitrogens with one attached hydrogen (secondary N) is 1. The number of carbonyl (C=O) groups is 2. The highest BCUT2D eigenvalue weighted by molar-refractivity contribution is 9.10. The van der Waals surface area contributed by atoms with E-state index >= 15 is 0 Å². The van der Waals surface area contributed by atoms with Gasteiger partial charge in [-0.1, -0.05) is 69.6 Å². The Balaban J connectivity index is 2.46. The Morgan fingerprint density at radius 3 is 1.82 bits per heavy atom. The van der Waals surface area contributed by atoms with Crippen LogP contribution < -0.4 is 5.32 Å². The van der Waals surface area contributed by atoms with E-state index in [0.29, 0.717) is 15.7 Å². The Morgan fingerprint density at radius 2 is 1.42 bits per heavy atom. The number of hydrogen-bond donors (Lipinski definition) is 1. The van der Waals surface area contributed by atoms with Gasteiger partial charge < -0.3 is 14.8 Å². The van der Waals surface area contributed by atoms with E-state index in [0.717, 1.165) is 0 Å². The number of alkyl halides is 6. The summed E-state index contributed by atoms with van der Waals surface area (Å²) in [7, 11) is 0. The fraction of sp³-hybridized carbons (Fsp3) is 0.389. The number of benzene rings is 1. The van der Waals surface area contributed by atoms with Gasteiger partial charge in [0.15, 0.2) is 17.5 Å². The summed E-state index contributed by atoms with van der Waals surface area (Å²) in [5, 5.41) is 2.79. The second-order valence-corrected chi connectivity index (χ2v) is 11.5. The summed E-state index contributed by atoms with van der Waals surface area (Å²) in [4.78, 5) is 36.6. The molecule has 15 heteroatoms. The molecule has 180 valence electrons. The van der Waals surface area contributed by atoms with Crippen molar-refractivity contribution in [3.05, 3.63) is 34.3 Å². The van der Waals surface area contributed by atoms with Crippen molar-refractivity contribution in [1.29, 1.82) is 0 Å². The lowest BCUT2D eigenvalue weighted by molar-refractivity contribution is -0.155. The van der Waals surface area contributed by atoms with E-state index in [4.69, 9.17) is 79.1 Å². The van der Waals surface area contributed by atoms with Gasteiger partial charge in [0.05, 0.1) is 13.2 Å². The summed E-state index contributed by atoms with van der Waals surface area (Å²) in [6.45, 7) is 3.42. The largest absolute Gasteiger partial charge is 0.464 e. The van der Waals surface area contributed by atoms with E-state index in [1.807, 2.05) is 0 Å². The van der Waals surface area contributed by atoms with Crippen molar-refractivity contribution in [2.24, 2.45) is 0 Å². The van der Waals surface area contributed by atoms with Gasteiger partial charge >= 0.3 is 11.9 Å². The van der Waals surface area contributed by atoms with Crippen LogP contribution >= 0.6 is 85.5 Å². The van der Waals surface area contributed by atoms with Gasteiger partial charge in [0.1, 0.15) is 0 Å². The van der Waals surface area contributed by atoms with Crippen LogP contribution in [0.4, 0.5) is 5.69 Å². The van der Waals surface area contributed by atoms with Gasteiger partial charge in [-0.25, -0.2) is 24.5 Å². The number of halogens is 7. The molecule has 2 aromatic rings. The minimum absolute atomic E-state index is 0.0484. The summed E-state index contributed by atoms with van der Waals surface area (Å²) in [5.41, 5.74) is 0.798. The first-order valence-corrected chi connectivity index (χ1v) is 12.1. The normalized spacial score (nSPS) is 11.9. The predicted molar refractivity (Wildman–Crippen MR) is 132 cm³/mol. The van der Waals surface area contributed by atoms with Crippen LogP contribution in [0.5, 0.6) is 0 Å². The van der Waals surface area contributed by atoms with Crippen molar-refractivity contribution < 1.29 is 19.1 Å². The number of esters is 2. The number of carbonyl (C=O) groups excluding carboxylic acids is 2. The molecule has 8 nitrogen and oxygen atoms in total. The molecule has 0 bridgehead atoms.